The number of amides is 2. The largest absolute Gasteiger partial charge is 0.465 e. The van der Waals surface area contributed by atoms with Crippen molar-refractivity contribution in [3.63, 3.8) is 0 Å². The lowest BCUT2D eigenvalue weighted by Gasteiger charge is -2.37. The minimum atomic E-state index is -1.09. The van der Waals surface area contributed by atoms with Gasteiger partial charge in [-0.25, -0.2) is 9.59 Å². The molecule has 0 saturated carbocycles. The number of hydrogen-bond acceptors (Lipinski definition) is 2. The van der Waals surface area contributed by atoms with E-state index in [0.717, 1.165) is 55.0 Å². The fraction of sp³-hybridized carbons (Fsp3) is 0.226. The Hall–Kier alpha value is -7.44. The summed E-state index contributed by atoms with van der Waals surface area (Å²) in [5, 5.41) is 26.1. The molecular formula is C62H74N2O4. The minimum absolute atomic E-state index is 0.113. The molecule has 0 heterocycles. The van der Waals surface area contributed by atoms with Gasteiger partial charge in [0.2, 0.25) is 0 Å². The number of benzene rings is 6. The number of carbonyl (C=O) groups is 2. The lowest BCUT2D eigenvalue weighted by molar-refractivity contribution is 0.204. The van der Waals surface area contributed by atoms with Crippen LogP contribution in [0.25, 0.3) is 27.1 Å². The van der Waals surface area contributed by atoms with Gasteiger partial charge in [-0.05, 0) is 80.5 Å². The molecule has 68 heavy (non-hydrogen) atoms. The maximum absolute atomic E-state index is 12.9. The molecule has 0 aliphatic heterocycles. The molecule has 0 saturated heterocycles. The van der Waals surface area contributed by atoms with E-state index in [1.807, 2.05) is 115 Å². The summed E-state index contributed by atoms with van der Waals surface area (Å²) in [6, 6.07) is 44.6. The molecule has 6 rings (SSSR count). The first kappa shape index (κ1) is 56.7. The molecular weight excluding hydrogens is 837 g/mol. The van der Waals surface area contributed by atoms with E-state index < -0.39 is 17.6 Å². The van der Waals surface area contributed by atoms with Crippen LogP contribution >= 0.6 is 0 Å². The molecule has 0 fully saturated rings. The zero-order valence-corrected chi connectivity index (χ0v) is 42.3. The quantitative estimate of drug-likeness (QED) is 0.0795. The van der Waals surface area contributed by atoms with Gasteiger partial charge in [-0.2, -0.15) is 0 Å². The van der Waals surface area contributed by atoms with Crippen LogP contribution in [-0.2, 0) is 11.8 Å². The van der Waals surface area contributed by atoms with Crippen LogP contribution in [0, 0.1) is 5.41 Å². The normalized spacial score (nSPS) is 12.1. The lowest BCUT2D eigenvalue weighted by atomic mass is 9.69. The molecule has 6 aromatic rings. The van der Waals surface area contributed by atoms with E-state index in [4.69, 9.17) is 5.11 Å². The number of fused-ring (bicyclic) bond motifs is 3. The number of carboxylic acid groups (broad SMARTS) is 2. The highest BCUT2D eigenvalue weighted by molar-refractivity contribution is 6.18. The molecule has 0 aliphatic carbocycles. The summed E-state index contributed by atoms with van der Waals surface area (Å²) in [5.41, 5.74) is 7.49. The second-order valence-electron chi connectivity index (χ2n) is 16.0. The highest BCUT2D eigenvalue weighted by Crippen LogP contribution is 2.49. The number of nitrogens with one attached hydrogen (secondary N) is 1. The summed E-state index contributed by atoms with van der Waals surface area (Å²) in [7, 11) is 0. The van der Waals surface area contributed by atoms with Gasteiger partial charge in [-0.1, -0.05) is 253 Å². The van der Waals surface area contributed by atoms with Crippen LogP contribution in [0.15, 0.2) is 213 Å². The van der Waals surface area contributed by atoms with Crippen molar-refractivity contribution in [2.75, 3.05) is 10.2 Å². The van der Waals surface area contributed by atoms with Gasteiger partial charge in [0.05, 0.1) is 11.4 Å². The maximum atomic E-state index is 12.9. The number of para-hydroxylation sites is 1. The Labute approximate surface area is 407 Å². The molecule has 6 nitrogen and oxygen atoms in total. The van der Waals surface area contributed by atoms with Gasteiger partial charge in [-0.3, -0.25) is 10.2 Å². The molecule has 1 atom stereocenters. The van der Waals surface area contributed by atoms with E-state index in [9.17, 15) is 14.7 Å². The number of hydrogen-bond donors (Lipinski definition) is 3. The number of nitrogens with zero attached hydrogens (tertiary/aromatic N) is 1. The summed E-state index contributed by atoms with van der Waals surface area (Å²) in [5.74, 6) is 0. The van der Waals surface area contributed by atoms with Gasteiger partial charge in [0, 0.05) is 22.6 Å². The Balaban J connectivity index is 0.000000469. The first-order valence-electron chi connectivity index (χ1n) is 23.6. The summed E-state index contributed by atoms with van der Waals surface area (Å²) >= 11 is 0. The third kappa shape index (κ3) is 14.5. The van der Waals surface area contributed by atoms with Crippen LogP contribution < -0.4 is 10.2 Å². The molecule has 0 radical (unpaired) electrons. The molecule has 0 aromatic heterocycles. The topological polar surface area (TPSA) is 89.9 Å². The predicted molar refractivity (Wildman–Crippen MR) is 296 cm³/mol. The lowest BCUT2D eigenvalue weighted by Crippen LogP contribution is -2.32. The minimum Gasteiger partial charge on any atom is -0.465 e. The van der Waals surface area contributed by atoms with Crippen LogP contribution in [-0.4, -0.2) is 22.4 Å². The second-order valence-corrected chi connectivity index (χ2v) is 16.0. The van der Waals surface area contributed by atoms with Crippen LogP contribution in [0.1, 0.15) is 98.4 Å². The van der Waals surface area contributed by atoms with Crippen molar-refractivity contribution in [2.45, 2.75) is 88.0 Å². The summed E-state index contributed by atoms with van der Waals surface area (Å²) < 4.78 is 0. The maximum Gasteiger partial charge on any atom is 0.416 e. The van der Waals surface area contributed by atoms with Crippen LogP contribution in [0.2, 0.25) is 0 Å². The van der Waals surface area contributed by atoms with E-state index in [-0.39, 0.29) is 5.41 Å². The molecule has 0 aliphatic rings. The molecule has 6 heteroatoms. The van der Waals surface area contributed by atoms with Gasteiger partial charge >= 0.3 is 12.2 Å². The average molecular weight is 911 g/mol. The van der Waals surface area contributed by atoms with E-state index in [1.165, 1.54) is 10.5 Å². The number of rotatable bonds is 13. The molecule has 356 valence electrons. The van der Waals surface area contributed by atoms with Crippen molar-refractivity contribution >= 4 is 50.7 Å². The van der Waals surface area contributed by atoms with Crippen molar-refractivity contribution in [1.29, 1.82) is 0 Å². The van der Waals surface area contributed by atoms with Crippen molar-refractivity contribution in [3.8, 4) is 0 Å². The molecule has 3 N–H and O–H groups in total. The van der Waals surface area contributed by atoms with Crippen molar-refractivity contribution in [1.82, 2.24) is 0 Å². The standard InChI is InChI=1S/C36H31NO2.C20H25NO2.3C2H6/c1-3-4-5-16-25-37(35(38)39)34-32-24-15-13-22-30(32)29-21-12-14-23-31(29)33(34)36(2,28-19-10-7-11-20-28)26-27-17-8-6-9-18-27;1-7-11-16(14(3)20(4,5)6)15(8-2)17-12-9-10-13-18(17)21-19(22)23;3*1-2/h3-25H,1,26H2,2H3,(H,38,39);7-13,21H,1,3H2,2,4-6H3,(H,22,23);3*1-2H3/b5-4+,25-16+;15-8+,16-11-;;;. The van der Waals surface area contributed by atoms with Gasteiger partial charge in [-0.15, -0.1) is 0 Å². The summed E-state index contributed by atoms with van der Waals surface area (Å²) in [6.45, 7) is 34.2. The third-order valence-electron chi connectivity index (χ3n) is 10.9. The van der Waals surface area contributed by atoms with Gasteiger partial charge in [0.25, 0.3) is 0 Å². The van der Waals surface area contributed by atoms with Gasteiger partial charge < -0.3 is 10.2 Å². The van der Waals surface area contributed by atoms with Crippen molar-refractivity contribution in [3.05, 3.63) is 235 Å². The van der Waals surface area contributed by atoms with Gasteiger partial charge in [0.15, 0.2) is 0 Å². The Morgan fingerprint density at radius 3 is 1.65 bits per heavy atom. The first-order chi connectivity index (χ1) is 32.8. The first-order valence-corrected chi connectivity index (χ1v) is 23.6. The van der Waals surface area contributed by atoms with E-state index >= 15 is 0 Å². The van der Waals surface area contributed by atoms with Gasteiger partial charge in [0.1, 0.15) is 0 Å². The van der Waals surface area contributed by atoms with E-state index in [1.54, 1.807) is 48.7 Å². The highest BCUT2D eigenvalue weighted by Gasteiger charge is 2.37. The highest BCUT2D eigenvalue weighted by atomic mass is 16.4. The van der Waals surface area contributed by atoms with E-state index in [0.29, 0.717) is 17.8 Å². The predicted octanol–water partition coefficient (Wildman–Crippen LogP) is 18.3. The number of allylic oxidation sites excluding steroid dienone is 10. The molecule has 1 unspecified atom stereocenters. The zero-order valence-electron chi connectivity index (χ0n) is 42.3. The molecule has 6 aromatic carbocycles. The fourth-order valence-electron chi connectivity index (χ4n) is 7.86. The van der Waals surface area contributed by atoms with E-state index in [2.05, 4.69) is 119 Å². The Bertz CT molecular complexity index is 2700. The Morgan fingerprint density at radius 2 is 1.13 bits per heavy atom. The van der Waals surface area contributed by atoms with Crippen molar-refractivity contribution in [2.24, 2.45) is 5.41 Å². The SMILES string of the molecule is C=C/C=C(C(=C)C(C)(C)C)\C(=C/C)c1ccccc1NC(=O)O.C=C/C=C/C=C/N(C(=O)O)c1c(C(C)(Cc2ccccc2)c2ccccc2)c2ccccc2c2ccccc12.CC.CC.CC. The average Bonchev–Trinajstić information content (AvgIpc) is 3.36. The van der Waals surface area contributed by atoms with Crippen LogP contribution in [0.4, 0.5) is 21.0 Å². The van der Waals surface area contributed by atoms with Crippen LogP contribution in [0.5, 0.6) is 0 Å². The second kappa shape index (κ2) is 28.6. The smallest absolute Gasteiger partial charge is 0.416 e. The Morgan fingerprint density at radius 1 is 0.632 bits per heavy atom. The summed E-state index contributed by atoms with van der Waals surface area (Å²) in [4.78, 5) is 25.4. The monoisotopic (exact) mass is 911 g/mol. The van der Waals surface area contributed by atoms with Crippen molar-refractivity contribution < 1.29 is 19.8 Å². The fourth-order valence-corrected chi connectivity index (χ4v) is 7.86. The number of anilines is 2. The third-order valence-corrected chi connectivity index (χ3v) is 10.9. The van der Waals surface area contributed by atoms with Crippen LogP contribution in [0.3, 0.4) is 0 Å². The summed E-state index contributed by atoms with van der Waals surface area (Å²) in [6.07, 6.45) is 12.8. The zero-order chi connectivity index (χ0) is 50.9. The molecule has 0 spiro atoms. The molecule has 0 bridgehead atoms. The molecule has 2 amide bonds. The Kier molecular flexibility index (Phi) is 23.8.